The Bertz CT molecular complexity index is 1250. The minimum atomic E-state index is 0.0686. The van der Waals surface area contributed by atoms with Crippen LogP contribution < -0.4 is 0 Å². The summed E-state index contributed by atoms with van der Waals surface area (Å²) in [4.78, 5) is 20.2. The Morgan fingerprint density at radius 2 is 1.89 bits per heavy atom. The number of likely N-dealkylation sites (tertiary alicyclic amines) is 1. The molecule has 0 aliphatic carbocycles. The molecule has 0 spiro atoms. The molecule has 1 aliphatic heterocycles. The monoisotopic (exact) mass is 469 g/mol. The molecule has 7 nitrogen and oxygen atoms in total. The van der Waals surface area contributed by atoms with E-state index >= 15 is 0 Å². The van der Waals surface area contributed by atoms with Gasteiger partial charge in [-0.05, 0) is 66.5 Å². The molecule has 3 aromatic rings. The number of rotatable bonds is 7. The molecular weight excluding hydrogens is 438 g/mol. The maximum atomic E-state index is 13.6. The highest BCUT2D eigenvalue weighted by atomic mass is 16.5. The molecule has 0 atom stereocenters. The summed E-state index contributed by atoms with van der Waals surface area (Å²) in [6.45, 7) is 5.61. The number of aromatic amines is 1. The van der Waals surface area contributed by atoms with E-state index in [1.807, 2.05) is 35.2 Å². The summed E-state index contributed by atoms with van der Waals surface area (Å²) in [5.41, 5.74) is 5.71. The molecule has 0 radical (unpaired) electrons. The SMILES string of the molecule is CCc1cc(CC)c(-c2n[nH]c(/C=C/OC)n2)cc1C(=O)N1CCC(c2ccc(C#N)cc2)CC1. The molecule has 180 valence electrons. The third-order valence-corrected chi connectivity index (χ3v) is 6.72. The van der Waals surface area contributed by atoms with Gasteiger partial charge in [-0.15, -0.1) is 0 Å². The van der Waals surface area contributed by atoms with Gasteiger partial charge in [-0.1, -0.05) is 32.0 Å². The zero-order valence-electron chi connectivity index (χ0n) is 20.5. The molecule has 1 fully saturated rings. The lowest BCUT2D eigenvalue weighted by Crippen LogP contribution is -2.38. The lowest BCUT2D eigenvalue weighted by atomic mass is 9.88. The standard InChI is InChI=1S/C28H31N5O2/c1-4-20-16-21(5-2)25(17-24(20)27-30-26(31-32-27)12-15-35-3)28(34)33-13-10-23(11-14-33)22-8-6-19(18-29)7-9-22/h6-9,12,15-17,23H,4-5,10-11,13-14H2,1-3H3,(H,30,31,32)/b15-12+. The number of nitrogens with one attached hydrogen (secondary N) is 1. The van der Waals surface area contributed by atoms with Crippen molar-refractivity contribution in [1.82, 2.24) is 20.1 Å². The van der Waals surface area contributed by atoms with Crippen molar-refractivity contribution in [2.24, 2.45) is 0 Å². The van der Waals surface area contributed by atoms with Crippen LogP contribution in [0.1, 0.15) is 71.0 Å². The summed E-state index contributed by atoms with van der Waals surface area (Å²) in [7, 11) is 1.58. The van der Waals surface area contributed by atoms with Crippen molar-refractivity contribution in [3.8, 4) is 17.5 Å². The Morgan fingerprint density at radius 1 is 1.17 bits per heavy atom. The predicted octanol–water partition coefficient (Wildman–Crippen LogP) is 5.11. The molecule has 4 rings (SSSR count). The van der Waals surface area contributed by atoms with Crippen LogP contribution in [0.5, 0.6) is 0 Å². The molecule has 1 aliphatic rings. The van der Waals surface area contributed by atoms with E-state index in [0.29, 0.717) is 36.2 Å². The van der Waals surface area contributed by atoms with Crippen LogP contribution in [0.15, 0.2) is 42.7 Å². The smallest absolute Gasteiger partial charge is 0.254 e. The number of nitriles is 1. The van der Waals surface area contributed by atoms with Crippen molar-refractivity contribution in [2.75, 3.05) is 20.2 Å². The molecule has 1 aromatic heterocycles. The molecule has 0 bridgehead atoms. The summed E-state index contributed by atoms with van der Waals surface area (Å²) < 4.78 is 4.97. The zero-order valence-corrected chi connectivity index (χ0v) is 20.5. The molecule has 1 amide bonds. The third kappa shape index (κ3) is 5.27. The minimum absolute atomic E-state index is 0.0686. The number of hydrogen-bond acceptors (Lipinski definition) is 5. The van der Waals surface area contributed by atoms with Crippen molar-refractivity contribution in [3.63, 3.8) is 0 Å². The Kier molecular flexibility index (Phi) is 7.61. The number of H-pyrrole nitrogens is 1. The van der Waals surface area contributed by atoms with Gasteiger partial charge in [-0.2, -0.15) is 10.4 Å². The van der Waals surface area contributed by atoms with Crippen LogP contribution >= 0.6 is 0 Å². The highest BCUT2D eigenvalue weighted by Gasteiger charge is 2.27. The van der Waals surface area contributed by atoms with Crippen LogP contribution in [0, 0.1) is 11.3 Å². The van der Waals surface area contributed by atoms with Gasteiger partial charge in [-0.25, -0.2) is 4.98 Å². The molecule has 1 saturated heterocycles. The Balaban J connectivity index is 1.56. The second-order valence-corrected chi connectivity index (χ2v) is 8.76. The predicted molar refractivity (Wildman–Crippen MR) is 136 cm³/mol. The van der Waals surface area contributed by atoms with E-state index in [1.165, 1.54) is 5.56 Å². The van der Waals surface area contributed by atoms with E-state index < -0.39 is 0 Å². The van der Waals surface area contributed by atoms with Gasteiger partial charge in [0.05, 0.1) is 25.0 Å². The van der Waals surface area contributed by atoms with Crippen LogP contribution in [0.25, 0.3) is 17.5 Å². The van der Waals surface area contributed by atoms with E-state index in [2.05, 4.69) is 41.2 Å². The first-order valence-electron chi connectivity index (χ1n) is 12.1. The molecule has 1 N–H and O–H groups in total. The first-order chi connectivity index (χ1) is 17.1. The second kappa shape index (κ2) is 11.0. The van der Waals surface area contributed by atoms with Gasteiger partial charge < -0.3 is 9.64 Å². The maximum Gasteiger partial charge on any atom is 0.254 e. The zero-order chi connectivity index (χ0) is 24.8. The molecule has 35 heavy (non-hydrogen) atoms. The summed E-state index contributed by atoms with van der Waals surface area (Å²) in [6.07, 6.45) is 6.69. The number of aromatic nitrogens is 3. The van der Waals surface area contributed by atoms with Gasteiger partial charge >= 0.3 is 0 Å². The van der Waals surface area contributed by atoms with Crippen LogP contribution in [0.3, 0.4) is 0 Å². The highest BCUT2D eigenvalue weighted by molar-refractivity contribution is 5.97. The number of amides is 1. The van der Waals surface area contributed by atoms with Gasteiger partial charge in [0.25, 0.3) is 5.91 Å². The molecule has 7 heteroatoms. The summed E-state index contributed by atoms with van der Waals surface area (Å²) in [6, 6.07) is 14.1. The van der Waals surface area contributed by atoms with Gasteiger partial charge in [0, 0.05) is 30.3 Å². The normalized spacial score (nSPS) is 14.3. The summed E-state index contributed by atoms with van der Waals surface area (Å²) >= 11 is 0. The molecule has 2 heterocycles. The van der Waals surface area contributed by atoms with Crippen LogP contribution in [0.4, 0.5) is 0 Å². The molecular formula is C28H31N5O2. The number of carbonyl (C=O) groups excluding carboxylic acids is 1. The lowest BCUT2D eigenvalue weighted by molar-refractivity contribution is 0.0712. The van der Waals surface area contributed by atoms with Gasteiger partial charge in [0.2, 0.25) is 0 Å². The molecule has 2 aromatic carbocycles. The van der Waals surface area contributed by atoms with Crippen LogP contribution in [-0.2, 0) is 17.6 Å². The van der Waals surface area contributed by atoms with Crippen molar-refractivity contribution < 1.29 is 9.53 Å². The fraction of sp³-hybridized carbons (Fsp3) is 0.357. The topological polar surface area (TPSA) is 94.9 Å². The summed E-state index contributed by atoms with van der Waals surface area (Å²) in [5, 5.41) is 16.3. The van der Waals surface area contributed by atoms with Gasteiger partial charge in [-0.3, -0.25) is 9.89 Å². The van der Waals surface area contributed by atoms with E-state index in [1.54, 1.807) is 19.4 Å². The number of carbonyl (C=O) groups is 1. The molecule has 0 saturated carbocycles. The number of ether oxygens (including phenoxy) is 1. The second-order valence-electron chi connectivity index (χ2n) is 8.76. The first kappa shape index (κ1) is 24.2. The Labute approximate surface area is 206 Å². The maximum absolute atomic E-state index is 13.6. The number of piperidine rings is 1. The van der Waals surface area contributed by atoms with Gasteiger partial charge in [0.15, 0.2) is 11.6 Å². The fourth-order valence-electron chi connectivity index (χ4n) is 4.71. The number of methoxy groups -OCH3 is 1. The third-order valence-electron chi connectivity index (χ3n) is 6.72. The van der Waals surface area contributed by atoms with E-state index in [4.69, 9.17) is 10.00 Å². The average molecular weight is 470 g/mol. The number of aryl methyl sites for hydroxylation is 2. The fourth-order valence-corrected chi connectivity index (χ4v) is 4.71. The van der Waals surface area contributed by atoms with Crippen LogP contribution in [0.2, 0.25) is 0 Å². The van der Waals surface area contributed by atoms with E-state index in [9.17, 15) is 4.79 Å². The quantitative estimate of drug-likeness (QED) is 0.486. The lowest BCUT2D eigenvalue weighted by Gasteiger charge is -2.33. The summed E-state index contributed by atoms with van der Waals surface area (Å²) in [5.74, 6) is 1.65. The number of benzene rings is 2. The number of nitrogens with zero attached hydrogens (tertiary/aromatic N) is 4. The van der Waals surface area contributed by atoms with Crippen molar-refractivity contribution >= 4 is 12.0 Å². The van der Waals surface area contributed by atoms with Crippen LogP contribution in [-0.4, -0.2) is 46.2 Å². The average Bonchev–Trinajstić information content (AvgIpc) is 3.39. The largest absolute Gasteiger partial charge is 0.504 e. The first-order valence-corrected chi connectivity index (χ1v) is 12.1. The Hall–Kier alpha value is -3.92. The van der Waals surface area contributed by atoms with Gasteiger partial charge in [0.1, 0.15) is 0 Å². The minimum Gasteiger partial charge on any atom is -0.504 e. The van der Waals surface area contributed by atoms with Crippen molar-refractivity contribution in [2.45, 2.75) is 45.4 Å². The van der Waals surface area contributed by atoms with Crippen molar-refractivity contribution in [3.05, 3.63) is 76.3 Å². The van der Waals surface area contributed by atoms with E-state index in [-0.39, 0.29) is 5.91 Å². The Morgan fingerprint density at radius 3 is 2.51 bits per heavy atom. The molecule has 0 unspecified atom stereocenters. The highest BCUT2D eigenvalue weighted by Crippen LogP contribution is 2.31. The van der Waals surface area contributed by atoms with E-state index in [0.717, 1.165) is 47.9 Å². The number of hydrogen-bond donors (Lipinski definition) is 1. The van der Waals surface area contributed by atoms with Crippen molar-refractivity contribution in [1.29, 1.82) is 5.26 Å².